The molecule has 1 aliphatic carbocycles. The molecule has 0 saturated heterocycles. The zero-order valence-corrected chi connectivity index (χ0v) is 32.5. The Bertz CT molecular complexity index is 1950. The number of aryl methyl sites for hydroxylation is 1. The third kappa shape index (κ3) is 7.33. The fraction of sp³-hybridized carbons (Fsp3) is 0.381. The maximum atomic E-state index is 11.0. The van der Waals surface area contributed by atoms with Crippen molar-refractivity contribution < 1.29 is 34.6 Å². The van der Waals surface area contributed by atoms with E-state index in [4.69, 9.17) is 0 Å². The van der Waals surface area contributed by atoms with Crippen LogP contribution in [0.5, 0.6) is 0 Å². The third-order valence-electron chi connectivity index (χ3n) is 9.58. The molecule has 2 heterocycles. The first-order chi connectivity index (χ1) is 21.7. The Morgan fingerprint density at radius 2 is 1.55 bits per heavy atom. The molecule has 47 heavy (non-hydrogen) atoms. The molecule has 1 N–H and O–H groups in total. The fourth-order valence-electron chi connectivity index (χ4n) is 6.74. The molecule has 0 aliphatic heterocycles. The fourth-order valence-corrected chi connectivity index (χ4v) is 8.12. The Morgan fingerprint density at radius 3 is 2.15 bits per heavy atom. The van der Waals surface area contributed by atoms with Crippen LogP contribution in [0.4, 0.5) is 0 Å². The smallest absolute Gasteiger partial charge is 0.161 e. The van der Waals surface area contributed by atoms with Crippen LogP contribution in [0.2, 0.25) is 0 Å². The number of hydrogen-bond acceptors (Lipinski definition) is 3. The van der Waals surface area contributed by atoms with E-state index in [1.165, 1.54) is 85.1 Å². The van der Waals surface area contributed by atoms with Gasteiger partial charge in [-0.25, -0.2) is 0 Å². The van der Waals surface area contributed by atoms with Gasteiger partial charge in [0.2, 0.25) is 0 Å². The van der Waals surface area contributed by atoms with Gasteiger partial charge in [0.1, 0.15) is 0 Å². The van der Waals surface area contributed by atoms with Crippen LogP contribution in [-0.2, 0) is 30.3 Å². The molecule has 0 unspecified atom stereocenters. The van der Waals surface area contributed by atoms with E-state index >= 15 is 0 Å². The van der Waals surface area contributed by atoms with E-state index < -0.39 is 0 Å². The number of fused-ring (bicyclic) bond motifs is 4. The van der Waals surface area contributed by atoms with Gasteiger partial charge in [-0.1, -0.05) is 103 Å². The van der Waals surface area contributed by atoms with E-state index in [0.29, 0.717) is 0 Å². The SMILES string of the molecule is CC(C)C(=O)/C=C(\O)C(C)C.[CH2-]c1c(-c2c3sc4c(C)c(C5CCCC5)ccc4c3cc[n+]2[CH2-])cc(C(C)(C)C)c2ccccc12.[Ir]. The van der Waals surface area contributed by atoms with Crippen molar-refractivity contribution in [2.45, 2.75) is 92.4 Å². The summed E-state index contributed by atoms with van der Waals surface area (Å²) in [6.07, 6.45) is 8.83. The summed E-state index contributed by atoms with van der Waals surface area (Å²) in [7, 11) is 4.43. The standard InChI is InChI=1S/C33H34NS.C9H16O2.Ir/c1-20-24-13-9-10-14-25(24)29(33(3,4)5)19-28(20)30-32-27(17-18-34(30)6)26-16-15-23(21(2)31(26)35-32)22-11-7-8-12-22;1-6(2)8(10)5-9(11)7(3)4;/h9-10,13-19,22H,1,6-8,11-12H2,2-5H3;5-7,10H,1-4H3;/q-1;;/b;8-5-;. The quantitative estimate of drug-likeness (QED) is 0.0830. The first-order valence-electron chi connectivity index (χ1n) is 16.7. The Hall–Kier alpha value is -3.11. The third-order valence-corrected chi connectivity index (χ3v) is 10.9. The number of allylic oxidation sites excluding steroid dienone is 2. The molecule has 0 spiro atoms. The molecule has 2 aromatic heterocycles. The maximum Gasteiger partial charge on any atom is 0.161 e. The van der Waals surface area contributed by atoms with Crippen LogP contribution >= 0.6 is 11.3 Å². The van der Waals surface area contributed by atoms with Crippen molar-refractivity contribution in [3.05, 3.63) is 103 Å². The average molecular weight is 825 g/mol. The van der Waals surface area contributed by atoms with E-state index in [-0.39, 0.29) is 48.9 Å². The summed E-state index contributed by atoms with van der Waals surface area (Å²) in [5, 5.41) is 14.4. The molecule has 3 aromatic carbocycles. The second-order valence-electron chi connectivity index (χ2n) is 14.6. The van der Waals surface area contributed by atoms with Crippen molar-refractivity contribution >= 4 is 48.1 Å². The van der Waals surface area contributed by atoms with Crippen LogP contribution in [-0.4, -0.2) is 10.9 Å². The van der Waals surface area contributed by atoms with Crippen LogP contribution in [0.15, 0.2) is 66.6 Å². The number of rotatable bonds is 5. The van der Waals surface area contributed by atoms with Crippen molar-refractivity contribution in [3.63, 3.8) is 0 Å². The predicted molar refractivity (Wildman–Crippen MR) is 198 cm³/mol. The number of carbonyl (C=O) groups excluding carboxylic acids is 1. The van der Waals surface area contributed by atoms with Gasteiger partial charge in [0.25, 0.3) is 0 Å². The number of nitrogens with zero attached hydrogens (tertiary/aromatic N) is 1. The minimum atomic E-state index is -0.0316. The van der Waals surface area contributed by atoms with Gasteiger partial charge >= 0.3 is 0 Å². The Balaban J connectivity index is 0.000000361. The van der Waals surface area contributed by atoms with Crippen molar-refractivity contribution in [2.75, 3.05) is 0 Å². The Labute approximate surface area is 299 Å². The molecule has 3 nitrogen and oxygen atoms in total. The zero-order chi connectivity index (χ0) is 33.5. The summed E-state index contributed by atoms with van der Waals surface area (Å²) in [6.45, 7) is 21.1. The first kappa shape index (κ1) is 36.7. The van der Waals surface area contributed by atoms with Crippen molar-refractivity contribution in [1.82, 2.24) is 0 Å². The van der Waals surface area contributed by atoms with E-state index in [1.54, 1.807) is 5.56 Å². The first-order valence-corrected chi connectivity index (χ1v) is 17.6. The van der Waals surface area contributed by atoms with Gasteiger partial charge < -0.3 is 9.67 Å². The molecule has 1 aliphatic rings. The topological polar surface area (TPSA) is 41.2 Å². The number of ketones is 1. The molecule has 6 rings (SSSR count). The number of pyridine rings is 1. The summed E-state index contributed by atoms with van der Waals surface area (Å²) in [4.78, 5) is 11.0. The predicted octanol–water partition coefficient (Wildman–Crippen LogP) is 11.6. The van der Waals surface area contributed by atoms with Gasteiger partial charge in [-0.2, -0.15) is 12.5 Å². The number of thiophene rings is 1. The molecule has 1 radical (unpaired) electrons. The summed E-state index contributed by atoms with van der Waals surface area (Å²) in [5.74, 6) is 0.886. The molecule has 0 bridgehead atoms. The minimum Gasteiger partial charge on any atom is -0.512 e. The van der Waals surface area contributed by atoms with Crippen LogP contribution in [0.1, 0.15) is 102 Å². The number of hydrogen-bond donors (Lipinski definition) is 1. The normalized spacial score (nSPS) is 14.2. The average Bonchev–Trinajstić information content (AvgIpc) is 3.67. The van der Waals surface area contributed by atoms with Gasteiger partial charge in [-0.15, -0.1) is 34.4 Å². The van der Waals surface area contributed by atoms with Gasteiger partial charge in [0.05, 0.1) is 17.6 Å². The molecule has 1 fully saturated rings. The summed E-state index contributed by atoms with van der Waals surface area (Å²) in [6, 6.07) is 18.1. The van der Waals surface area contributed by atoms with Crippen molar-refractivity contribution in [3.8, 4) is 11.3 Å². The van der Waals surface area contributed by atoms with Gasteiger partial charge in [-0.05, 0) is 59.1 Å². The zero-order valence-electron chi connectivity index (χ0n) is 29.3. The molecule has 251 valence electrons. The molecule has 1 saturated carbocycles. The van der Waals surface area contributed by atoms with E-state index in [0.717, 1.165) is 11.5 Å². The van der Waals surface area contributed by atoms with Crippen LogP contribution in [0, 0.1) is 32.7 Å². The van der Waals surface area contributed by atoms with Gasteiger partial charge in [0, 0.05) is 54.5 Å². The Kier molecular flexibility index (Phi) is 11.4. The summed E-state index contributed by atoms with van der Waals surface area (Å²) in [5.41, 5.74) is 7.86. The molecule has 5 heteroatoms. The van der Waals surface area contributed by atoms with Gasteiger partial charge in [0.15, 0.2) is 5.78 Å². The summed E-state index contributed by atoms with van der Waals surface area (Å²) < 4.78 is 4.79. The van der Waals surface area contributed by atoms with Crippen molar-refractivity contribution in [1.29, 1.82) is 0 Å². The molecular weight excluding hydrogens is 775 g/mol. The van der Waals surface area contributed by atoms with Crippen LogP contribution in [0.25, 0.3) is 42.2 Å². The summed E-state index contributed by atoms with van der Waals surface area (Å²) >= 11 is 1.94. The number of benzene rings is 3. The molecule has 0 amide bonds. The number of aliphatic hydroxyl groups excluding tert-OH is 1. The number of carbonyl (C=O) groups is 1. The Morgan fingerprint density at radius 1 is 0.936 bits per heavy atom. The van der Waals surface area contributed by atoms with E-state index in [9.17, 15) is 9.90 Å². The van der Waals surface area contributed by atoms with Crippen LogP contribution < -0.4 is 4.57 Å². The second-order valence-corrected chi connectivity index (χ2v) is 15.7. The molecule has 0 atom stereocenters. The minimum absolute atomic E-state index is 0. The number of aliphatic hydroxyl groups is 1. The largest absolute Gasteiger partial charge is 0.512 e. The van der Waals surface area contributed by atoms with Gasteiger partial charge in [-0.3, -0.25) is 4.79 Å². The molecular formula is C42H50IrNO2S-. The monoisotopic (exact) mass is 825 g/mol. The van der Waals surface area contributed by atoms with Crippen molar-refractivity contribution in [2.24, 2.45) is 11.8 Å². The van der Waals surface area contributed by atoms with E-state index in [2.05, 4.69) is 101 Å². The second kappa shape index (κ2) is 14.6. The molecule has 5 aromatic rings. The van der Waals surface area contributed by atoms with E-state index in [1.807, 2.05) is 39.0 Å². The number of aromatic nitrogens is 1. The van der Waals surface area contributed by atoms with Crippen LogP contribution in [0.3, 0.4) is 0 Å². The maximum absolute atomic E-state index is 11.0.